The normalized spacial score (nSPS) is 20.8. The highest BCUT2D eigenvalue weighted by atomic mass is 14.0. The molecule has 0 heterocycles. The summed E-state index contributed by atoms with van der Waals surface area (Å²) >= 11 is 0. The number of hydrogen-bond acceptors (Lipinski definition) is 0. The second kappa shape index (κ2) is 2.71. The minimum Gasteiger partial charge on any atom is -0.0958 e. The third-order valence-corrected chi connectivity index (χ3v) is 1.47. The van der Waals surface area contributed by atoms with Crippen LogP contribution in [-0.2, 0) is 0 Å². The van der Waals surface area contributed by atoms with E-state index in [-0.39, 0.29) is 0 Å². The van der Waals surface area contributed by atoms with Crippen molar-refractivity contribution in [1.29, 1.82) is 0 Å². The molecule has 1 rings (SSSR count). The second-order valence-electron chi connectivity index (χ2n) is 2.31. The van der Waals surface area contributed by atoms with Crippen molar-refractivity contribution in [2.45, 2.75) is 25.7 Å². The predicted molar refractivity (Wildman–Crippen MR) is 36.7 cm³/mol. The molecule has 0 amide bonds. The highest BCUT2D eigenvalue weighted by Gasteiger charge is 1.93. The lowest BCUT2D eigenvalue weighted by Gasteiger charge is -1.91. The van der Waals surface area contributed by atoms with Crippen LogP contribution in [0, 0.1) is 0 Å². The van der Waals surface area contributed by atoms with Gasteiger partial charge in [-0.05, 0) is 25.7 Å². The van der Waals surface area contributed by atoms with Crippen LogP contribution < -0.4 is 0 Å². The van der Waals surface area contributed by atoms with E-state index in [1.54, 1.807) is 0 Å². The Labute approximate surface area is 50.9 Å². The van der Waals surface area contributed by atoms with Crippen molar-refractivity contribution in [1.82, 2.24) is 0 Å². The maximum atomic E-state index is 3.89. The summed E-state index contributed by atoms with van der Waals surface area (Å²) in [6, 6.07) is 0. The van der Waals surface area contributed by atoms with Crippen LogP contribution in [0.3, 0.4) is 0 Å². The van der Waals surface area contributed by atoms with Crippen LogP contribution in [0.15, 0.2) is 24.3 Å². The highest BCUT2D eigenvalue weighted by Crippen LogP contribution is 2.13. The maximum absolute atomic E-state index is 3.89. The summed E-state index contributed by atoms with van der Waals surface area (Å²) < 4.78 is 0. The van der Waals surface area contributed by atoms with Crippen molar-refractivity contribution in [3.8, 4) is 0 Å². The smallest absolute Gasteiger partial charge is 0.0285 e. The number of rotatable bonds is 0. The van der Waals surface area contributed by atoms with E-state index in [0.717, 1.165) is 0 Å². The van der Waals surface area contributed by atoms with E-state index in [2.05, 4.69) is 18.7 Å². The van der Waals surface area contributed by atoms with Gasteiger partial charge in [-0.1, -0.05) is 24.3 Å². The summed E-state index contributed by atoms with van der Waals surface area (Å²) in [7, 11) is 0. The Kier molecular flexibility index (Phi) is 1.90. The molecule has 0 saturated carbocycles. The summed E-state index contributed by atoms with van der Waals surface area (Å²) in [5, 5.41) is 0. The molecule has 0 heteroatoms. The molecule has 44 valence electrons. The Morgan fingerprint density at radius 3 is 3.12 bits per heavy atom. The maximum Gasteiger partial charge on any atom is -0.0285 e. The first kappa shape index (κ1) is 5.61. The molecule has 0 N–H and O–H groups in total. The van der Waals surface area contributed by atoms with Gasteiger partial charge in [0.25, 0.3) is 0 Å². The minimum absolute atomic E-state index is 1.20. The molecule has 0 bridgehead atoms. The van der Waals surface area contributed by atoms with Gasteiger partial charge in [0.2, 0.25) is 0 Å². The van der Waals surface area contributed by atoms with Crippen LogP contribution >= 0.6 is 0 Å². The molecule has 0 aromatic carbocycles. The molecule has 0 saturated heterocycles. The van der Waals surface area contributed by atoms with Crippen LogP contribution in [0.1, 0.15) is 25.7 Å². The third kappa shape index (κ3) is 1.53. The van der Waals surface area contributed by atoms with E-state index in [1.165, 1.54) is 31.3 Å². The molecule has 8 heavy (non-hydrogen) atoms. The van der Waals surface area contributed by atoms with Gasteiger partial charge >= 0.3 is 0 Å². The average molecular weight is 108 g/mol. The molecule has 0 unspecified atom stereocenters. The minimum atomic E-state index is 1.20. The lowest BCUT2D eigenvalue weighted by atomic mass is 10.2. The number of hydrogen-bond donors (Lipinski definition) is 0. The van der Waals surface area contributed by atoms with Gasteiger partial charge in [-0.25, -0.2) is 0 Å². The summed E-state index contributed by atoms with van der Waals surface area (Å²) in [6.45, 7) is 3.89. The second-order valence-corrected chi connectivity index (χ2v) is 2.31. The van der Waals surface area contributed by atoms with Crippen LogP contribution in [0.4, 0.5) is 0 Å². The van der Waals surface area contributed by atoms with Crippen LogP contribution in [-0.4, -0.2) is 0 Å². The molecule has 0 aromatic heterocycles. The first-order valence-electron chi connectivity index (χ1n) is 3.24. The molecule has 0 radical (unpaired) electrons. The van der Waals surface area contributed by atoms with E-state index in [4.69, 9.17) is 0 Å². The van der Waals surface area contributed by atoms with Gasteiger partial charge in [-0.2, -0.15) is 0 Å². The lowest BCUT2D eigenvalue weighted by molar-refractivity contribution is 0.766. The standard InChI is InChI=1S/C8H12/c1-8-6-4-2-3-5-7-8/h4,6H,1-3,5,7H2. The van der Waals surface area contributed by atoms with E-state index < -0.39 is 0 Å². The summed E-state index contributed by atoms with van der Waals surface area (Å²) in [4.78, 5) is 0. The highest BCUT2D eigenvalue weighted by molar-refractivity contribution is 5.15. The average Bonchev–Trinajstić information content (AvgIpc) is 1.94. The van der Waals surface area contributed by atoms with Crippen molar-refractivity contribution < 1.29 is 0 Å². The fourth-order valence-electron chi connectivity index (χ4n) is 0.948. The molecular formula is C8H12. The van der Waals surface area contributed by atoms with Gasteiger partial charge in [0.05, 0.1) is 0 Å². The molecule has 0 nitrogen and oxygen atoms in total. The Bertz CT molecular complexity index is 109. The zero-order valence-electron chi connectivity index (χ0n) is 5.19. The largest absolute Gasteiger partial charge is 0.0958 e. The molecule has 1 aliphatic rings. The van der Waals surface area contributed by atoms with E-state index in [0.29, 0.717) is 0 Å². The lowest BCUT2D eigenvalue weighted by Crippen LogP contribution is -1.71. The van der Waals surface area contributed by atoms with E-state index in [9.17, 15) is 0 Å². The summed E-state index contributed by atoms with van der Waals surface area (Å²) in [6.07, 6.45) is 9.49. The van der Waals surface area contributed by atoms with Crippen molar-refractivity contribution >= 4 is 0 Å². The zero-order chi connectivity index (χ0) is 5.82. The summed E-state index contributed by atoms with van der Waals surface area (Å²) in [5.74, 6) is 0. The first-order valence-corrected chi connectivity index (χ1v) is 3.24. The van der Waals surface area contributed by atoms with E-state index >= 15 is 0 Å². The predicted octanol–water partition coefficient (Wildman–Crippen LogP) is 2.67. The third-order valence-electron chi connectivity index (χ3n) is 1.47. The SMILES string of the molecule is C=C1C=CCCCC1. The Morgan fingerprint density at radius 2 is 2.25 bits per heavy atom. The fraction of sp³-hybridized carbons (Fsp3) is 0.500. The fourth-order valence-corrected chi connectivity index (χ4v) is 0.948. The first-order chi connectivity index (χ1) is 3.89. The quantitative estimate of drug-likeness (QED) is 0.447. The zero-order valence-corrected chi connectivity index (χ0v) is 5.19. The van der Waals surface area contributed by atoms with Crippen LogP contribution in [0.2, 0.25) is 0 Å². The molecule has 0 atom stereocenters. The van der Waals surface area contributed by atoms with Gasteiger partial charge in [0.1, 0.15) is 0 Å². The molecule has 1 aliphatic carbocycles. The van der Waals surface area contributed by atoms with Crippen LogP contribution in [0.5, 0.6) is 0 Å². The van der Waals surface area contributed by atoms with Crippen molar-refractivity contribution in [3.05, 3.63) is 24.3 Å². The van der Waals surface area contributed by atoms with Gasteiger partial charge in [0.15, 0.2) is 0 Å². The van der Waals surface area contributed by atoms with Gasteiger partial charge in [0, 0.05) is 0 Å². The van der Waals surface area contributed by atoms with Crippen LogP contribution in [0.25, 0.3) is 0 Å². The van der Waals surface area contributed by atoms with Gasteiger partial charge in [-0.3, -0.25) is 0 Å². The molecule has 0 aliphatic heterocycles. The van der Waals surface area contributed by atoms with Crippen molar-refractivity contribution in [2.24, 2.45) is 0 Å². The molecule has 0 fully saturated rings. The monoisotopic (exact) mass is 108 g/mol. The van der Waals surface area contributed by atoms with Gasteiger partial charge in [-0.15, -0.1) is 0 Å². The van der Waals surface area contributed by atoms with Crippen molar-refractivity contribution in [2.75, 3.05) is 0 Å². The Morgan fingerprint density at radius 1 is 1.38 bits per heavy atom. The van der Waals surface area contributed by atoms with Crippen molar-refractivity contribution in [3.63, 3.8) is 0 Å². The number of allylic oxidation sites excluding steroid dienone is 3. The van der Waals surface area contributed by atoms with E-state index in [1.807, 2.05) is 0 Å². The summed E-state index contributed by atoms with van der Waals surface area (Å²) in [5.41, 5.74) is 1.29. The Hall–Kier alpha value is -0.520. The van der Waals surface area contributed by atoms with Gasteiger partial charge < -0.3 is 0 Å². The molecule has 0 spiro atoms. The Balaban J connectivity index is 2.44. The molecule has 0 aromatic rings. The topological polar surface area (TPSA) is 0 Å². The molecular weight excluding hydrogens is 96.1 g/mol.